The molecule has 0 bridgehead atoms. The van der Waals surface area contributed by atoms with Gasteiger partial charge >= 0.3 is 0 Å². The third-order valence-corrected chi connectivity index (χ3v) is 5.11. The van der Waals surface area contributed by atoms with Crippen LogP contribution in [0.5, 0.6) is 5.75 Å². The van der Waals surface area contributed by atoms with Crippen LogP contribution in [0.3, 0.4) is 0 Å². The monoisotopic (exact) mass is 409 g/mol. The van der Waals surface area contributed by atoms with E-state index in [4.69, 9.17) is 13.7 Å². The van der Waals surface area contributed by atoms with Crippen molar-refractivity contribution in [3.63, 3.8) is 0 Å². The average molecular weight is 409 g/mol. The van der Waals surface area contributed by atoms with E-state index in [-0.39, 0.29) is 11.5 Å². The van der Waals surface area contributed by atoms with Crippen molar-refractivity contribution < 1.29 is 18.5 Å². The van der Waals surface area contributed by atoms with Crippen molar-refractivity contribution in [3.8, 4) is 17.0 Å². The zero-order valence-corrected chi connectivity index (χ0v) is 16.9. The molecule has 0 fully saturated rings. The maximum atomic E-state index is 13.3. The molecule has 2 heterocycles. The Morgan fingerprint density at radius 3 is 2.45 bits per heavy atom. The maximum Gasteiger partial charge on any atom is 0.234 e. The number of rotatable bonds is 6. The molecule has 0 N–H and O–H groups in total. The number of carbonyl (C=O) groups is 1. The molecule has 0 atom stereocenters. The van der Waals surface area contributed by atoms with Crippen molar-refractivity contribution in [2.24, 2.45) is 0 Å². The molecule has 152 valence electrons. The molecule has 5 heteroatoms. The summed E-state index contributed by atoms with van der Waals surface area (Å²) in [7, 11) is 0. The van der Waals surface area contributed by atoms with Crippen LogP contribution in [0.2, 0.25) is 0 Å². The number of furan rings is 1. The molecule has 0 spiro atoms. The molecule has 0 saturated carbocycles. The summed E-state index contributed by atoms with van der Waals surface area (Å²) in [5.41, 5.74) is 3.30. The highest BCUT2D eigenvalue weighted by molar-refractivity contribution is 6.13. The van der Waals surface area contributed by atoms with Gasteiger partial charge in [-0.25, -0.2) is 0 Å². The first-order chi connectivity index (χ1) is 15.2. The van der Waals surface area contributed by atoms with Crippen molar-refractivity contribution in [3.05, 3.63) is 108 Å². The van der Waals surface area contributed by atoms with Gasteiger partial charge in [-0.1, -0.05) is 78.0 Å². The third-order valence-electron chi connectivity index (χ3n) is 5.11. The number of para-hydroxylation sites is 1. The molecule has 0 unspecified atom stereocenters. The number of carbonyl (C=O) groups excluding carboxylic acids is 1. The standard InChI is InChI=1S/C26H19NO4/c1-17-23(24(27-31-17)19-11-6-3-7-12-19)25(28)22-15-20-13-8-14-21(26(20)30-22)29-16-18-9-4-2-5-10-18/h2-15H,16H2,1H3. The number of hydrogen-bond acceptors (Lipinski definition) is 5. The van der Waals surface area contributed by atoms with E-state index in [0.717, 1.165) is 16.5 Å². The summed E-state index contributed by atoms with van der Waals surface area (Å²) < 4.78 is 17.3. The van der Waals surface area contributed by atoms with Gasteiger partial charge in [-0.3, -0.25) is 4.79 Å². The summed E-state index contributed by atoms with van der Waals surface area (Å²) in [6, 6.07) is 26.7. The fraction of sp³-hybridized carbons (Fsp3) is 0.0769. The van der Waals surface area contributed by atoms with Crippen molar-refractivity contribution in [2.75, 3.05) is 0 Å². The van der Waals surface area contributed by atoms with Gasteiger partial charge in [-0.2, -0.15) is 0 Å². The topological polar surface area (TPSA) is 65.5 Å². The van der Waals surface area contributed by atoms with Gasteiger partial charge < -0.3 is 13.7 Å². The molecule has 0 radical (unpaired) electrons. The minimum Gasteiger partial charge on any atom is -0.485 e. The van der Waals surface area contributed by atoms with E-state index >= 15 is 0 Å². The molecule has 0 saturated heterocycles. The lowest BCUT2D eigenvalue weighted by atomic mass is 10.0. The van der Waals surface area contributed by atoms with Crippen LogP contribution in [0.1, 0.15) is 27.4 Å². The average Bonchev–Trinajstić information content (AvgIpc) is 3.42. The number of aromatic nitrogens is 1. The van der Waals surface area contributed by atoms with Crippen LogP contribution in [0, 0.1) is 6.92 Å². The largest absolute Gasteiger partial charge is 0.485 e. The van der Waals surface area contributed by atoms with Crippen LogP contribution in [0.4, 0.5) is 0 Å². The number of aryl methyl sites for hydroxylation is 1. The Kier molecular flexibility index (Phi) is 4.84. The summed E-state index contributed by atoms with van der Waals surface area (Å²) in [4.78, 5) is 13.3. The van der Waals surface area contributed by atoms with Crippen LogP contribution < -0.4 is 4.74 Å². The summed E-state index contributed by atoms with van der Waals surface area (Å²) in [6.07, 6.45) is 0. The molecule has 0 aliphatic carbocycles. The number of fused-ring (bicyclic) bond motifs is 1. The lowest BCUT2D eigenvalue weighted by Crippen LogP contribution is -2.02. The zero-order chi connectivity index (χ0) is 21.2. The molecule has 31 heavy (non-hydrogen) atoms. The van der Waals surface area contributed by atoms with Gasteiger partial charge in [-0.05, 0) is 24.6 Å². The second-order valence-corrected chi connectivity index (χ2v) is 7.22. The van der Waals surface area contributed by atoms with E-state index in [1.54, 1.807) is 13.0 Å². The predicted molar refractivity (Wildman–Crippen MR) is 117 cm³/mol. The molecule has 5 aromatic rings. The molecule has 0 aliphatic heterocycles. The predicted octanol–water partition coefficient (Wildman–Crippen LogP) is 6.21. The van der Waals surface area contributed by atoms with Crippen LogP contribution >= 0.6 is 0 Å². The first-order valence-electron chi connectivity index (χ1n) is 9.96. The summed E-state index contributed by atoms with van der Waals surface area (Å²) in [5, 5.41) is 4.90. The molecule has 3 aromatic carbocycles. The maximum absolute atomic E-state index is 13.3. The Bertz CT molecular complexity index is 1350. The Labute approximate surface area is 178 Å². The molecule has 5 rings (SSSR count). The van der Waals surface area contributed by atoms with E-state index in [1.165, 1.54) is 0 Å². The van der Waals surface area contributed by atoms with Gasteiger partial charge in [0.15, 0.2) is 17.1 Å². The molecule has 2 aromatic heterocycles. The van der Waals surface area contributed by atoms with Gasteiger partial charge in [0.1, 0.15) is 18.1 Å². The molecule has 0 amide bonds. The van der Waals surface area contributed by atoms with Gasteiger partial charge in [0.05, 0.1) is 5.56 Å². The van der Waals surface area contributed by atoms with E-state index < -0.39 is 0 Å². The van der Waals surface area contributed by atoms with Crippen molar-refractivity contribution in [1.82, 2.24) is 5.16 Å². The van der Waals surface area contributed by atoms with Crippen LogP contribution in [0.15, 0.2) is 93.9 Å². The Hall–Kier alpha value is -4.12. The number of ketones is 1. The summed E-state index contributed by atoms with van der Waals surface area (Å²) in [6.45, 7) is 2.14. The lowest BCUT2D eigenvalue weighted by Gasteiger charge is -2.06. The van der Waals surface area contributed by atoms with Gasteiger partial charge in [0.2, 0.25) is 5.78 Å². The van der Waals surface area contributed by atoms with E-state index in [0.29, 0.717) is 35.0 Å². The van der Waals surface area contributed by atoms with E-state index in [1.807, 2.05) is 78.9 Å². The number of nitrogens with zero attached hydrogens (tertiary/aromatic N) is 1. The highest BCUT2D eigenvalue weighted by Crippen LogP contribution is 2.33. The van der Waals surface area contributed by atoms with E-state index in [2.05, 4.69) is 5.16 Å². The highest BCUT2D eigenvalue weighted by atomic mass is 16.5. The Morgan fingerprint density at radius 2 is 1.68 bits per heavy atom. The molecule has 5 nitrogen and oxygen atoms in total. The fourth-order valence-electron chi connectivity index (χ4n) is 3.55. The SMILES string of the molecule is Cc1onc(-c2ccccc2)c1C(=O)c1cc2cccc(OCc3ccccc3)c2o1. The molecular weight excluding hydrogens is 390 g/mol. The lowest BCUT2D eigenvalue weighted by molar-refractivity contribution is 0.101. The third kappa shape index (κ3) is 3.62. The second-order valence-electron chi connectivity index (χ2n) is 7.22. The van der Waals surface area contributed by atoms with Crippen molar-refractivity contribution in [2.45, 2.75) is 13.5 Å². The summed E-state index contributed by atoms with van der Waals surface area (Å²) >= 11 is 0. The normalized spacial score (nSPS) is 11.0. The number of benzene rings is 3. The zero-order valence-electron chi connectivity index (χ0n) is 16.9. The quantitative estimate of drug-likeness (QED) is 0.312. The van der Waals surface area contributed by atoms with Crippen LogP contribution in [-0.4, -0.2) is 10.9 Å². The molecule has 0 aliphatic rings. The van der Waals surface area contributed by atoms with Gasteiger partial charge in [0, 0.05) is 10.9 Å². The van der Waals surface area contributed by atoms with Gasteiger partial charge in [-0.15, -0.1) is 0 Å². The Morgan fingerprint density at radius 1 is 0.935 bits per heavy atom. The first-order valence-corrected chi connectivity index (χ1v) is 9.96. The Balaban J connectivity index is 1.49. The highest BCUT2D eigenvalue weighted by Gasteiger charge is 2.26. The first kappa shape index (κ1) is 18.9. The number of hydrogen-bond donors (Lipinski definition) is 0. The smallest absolute Gasteiger partial charge is 0.234 e. The van der Waals surface area contributed by atoms with Crippen molar-refractivity contribution >= 4 is 16.8 Å². The minimum atomic E-state index is -0.275. The van der Waals surface area contributed by atoms with Crippen LogP contribution in [0.25, 0.3) is 22.2 Å². The second kappa shape index (κ2) is 7.95. The van der Waals surface area contributed by atoms with E-state index in [9.17, 15) is 4.79 Å². The summed E-state index contributed by atoms with van der Waals surface area (Å²) in [5.74, 6) is 0.979. The molecular formula is C26H19NO4. The van der Waals surface area contributed by atoms with Gasteiger partial charge in [0.25, 0.3) is 0 Å². The number of ether oxygens (including phenoxy) is 1. The van der Waals surface area contributed by atoms with Crippen LogP contribution in [-0.2, 0) is 6.61 Å². The van der Waals surface area contributed by atoms with Crippen molar-refractivity contribution in [1.29, 1.82) is 0 Å². The fourth-order valence-corrected chi connectivity index (χ4v) is 3.55. The minimum absolute atomic E-state index is 0.217.